The Morgan fingerprint density at radius 3 is 2.14 bits per heavy atom. The minimum absolute atomic E-state index is 0.0408. The van der Waals surface area contributed by atoms with Crippen molar-refractivity contribution in [2.75, 3.05) is 6.54 Å². The van der Waals surface area contributed by atoms with Crippen LogP contribution in [0, 0.1) is 5.92 Å². The number of hydrogen-bond acceptors (Lipinski definition) is 1. The van der Waals surface area contributed by atoms with Crippen LogP contribution in [0.1, 0.15) is 5.56 Å². The molecule has 78 valence electrons. The van der Waals surface area contributed by atoms with Crippen molar-refractivity contribution in [3.63, 3.8) is 0 Å². The molecular formula is C10H12F3N. The highest BCUT2D eigenvalue weighted by atomic mass is 19.4. The predicted octanol–water partition coefficient (Wildman–Crippen LogP) is 2.37. The fraction of sp³-hybridized carbons (Fsp3) is 0.400. The van der Waals surface area contributed by atoms with E-state index in [0.29, 0.717) is 5.56 Å². The van der Waals surface area contributed by atoms with Crippen molar-refractivity contribution in [3.05, 3.63) is 35.9 Å². The van der Waals surface area contributed by atoms with E-state index in [0.717, 1.165) is 0 Å². The van der Waals surface area contributed by atoms with E-state index in [-0.39, 0.29) is 13.0 Å². The summed E-state index contributed by atoms with van der Waals surface area (Å²) < 4.78 is 37.0. The summed E-state index contributed by atoms with van der Waals surface area (Å²) >= 11 is 0. The van der Waals surface area contributed by atoms with Crippen molar-refractivity contribution >= 4 is 0 Å². The number of alkyl halides is 3. The van der Waals surface area contributed by atoms with Crippen LogP contribution in [-0.4, -0.2) is 12.7 Å². The van der Waals surface area contributed by atoms with Crippen LogP contribution in [0.2, 0.25) is 0 Å². The zero-order valence-corrected chi connectivity index (χ0v) is 7.59. The number of nitrogens with two attached hydrogens (primary N) is 1. The zero-order chi connectivity index (χ0) is 10.6. The Labute approximate surface area is 80.7 Å². The maximum Gasteiger partial charge on any atom is 0.393 e. The summed E-state index contributed by atoms with van der Waals surface area (Å²) in [4.78, 5) is 0. The molecule has 1 aromatic carbocycles. The molecule has 1 atom stereocenters. The Balaban J connectivity index is 2.67. The highest BCUT2D eigenvalue weighted by Gasteiger charge is 2.38. The molecule has 0 bridgehead atoms. The first-order valence-electron chi connectivity index (χ1n) is 4.34. The first-order chi connectivity index (χ1) is 6.54. The van der Waals surface area contributed by atoms with Crippen molar-refractivity contribution < 1.29 is 13.2 Å². The molecule has 0 radical (unpaired) electrons. The molecule has 0 aliphatic rings. The Morgan fingerprint density at radius 2 is 1.71 bits per heavy atom. The third-order valence-electron chi connectivity index (χ3n) is 2.07. The van der Waals surface area contributed by atoms with Gasteiger partial charge in [0.25, 0.3) is 0 Å². The lowest BCUT2D eigenvalue weighted by Gasteiger charge is -2.18. The second-order valence-electron chi connectivity index (χ2n) is 3.16. The van der Waals surface area contributed by atoms with Crippen molar-refractivity contribution in [2.24, 2.45) is 11.7 Å². The van der Waals surface area contributed by atoms with E-state index in [1.807, 2.05) is 0 Å². The van der Waals surface area contributed by atoms with E-state index in [4.69, 9.17) is 5.73 Å². The van der Waals surface area contributed by atoms with Gasteiger partial charge in [-0.05, 0) is 12.0 Å². The lowest BCUT2D eigenvalue weighted by molar-refractivity contribution is -0.171. The fourth-order valence-electron chi connectivity index (χ4n) is 1.23. The third kappa shape index (κ3) is 3.03. The molecule has 0 unspecified atom stereocenters. The van der Waals surface area contributed by atoms with Crippen LogP contribution in [0.3, 0.4) is 0 Å². The van der Waals surface area contributed by atoms with Gasteiger partial charge in [-0.15, -0.1) is 0 Å². The predicted molar refractivity (Wildman–Crippen MR) is 48.7 cm³/mol. The van der Waals surface area contributed by atoms with Crippen molar-refractivity contribution in [1.29, 1.82) is 0 Å². The molecule has 2 N–H and O–H groups in total. The average Bonchev–Trinajstić information content (AvgIpc) is 2.14. The first kappa shape index (κ1) is 11.0. The van der Waals surface area contributed by atoms with Crippen LogP contribution in [0.4, 0.5) is 13.2 Å². The molecule has 1 aromatic rings. The average molecular weight is 203 g/mol. The van der Waals surface area contributed by atoms with Gasteiger partial charge in [0.15, 0.2) is 0 Å². The topological polar surface area (TPSA) is 26.0 Å². The maximum atomic E-state index is 12.3. The van der Waals surface area contributed by atoms with Crippen molar-refractivity contribution in [1.82, 2.24) is 0 Å². The Hall–Kier alpha value is -1.03. The summed E-state index contributed by atoms with van der Waals surface area (Å²) in [6, 6.07) is 8.57. The van der Waals surface area contributed by atoms with Crippen LogP contribution in [0.25, 0.3) is 0 Å². The number of halogens is 3. The third-order valence-corrected chi connectivity index (χ3v) is 2.07. The minimum atomic E-state index is -4.20. The van der Waals surface area contributed by atoms with Gasteiger partial charge in [-0.25, -0.2) is 0 Å². The fourth-order valence-corrected chi connectivity index (χ4v) is 1.23. The van der Waals surface area contributed by atoms with Gasteiger partial charge >= 0.3 is 6.18 Å². The van der Waals surface area contributed by atoms with Gasteiger partial charge in [-0.2, -0.15) is 13.2 Å². The van der Waals surface area contributed by atoms with Gasteiger partial charge in [0, 0.05) is 6.54 Å². The zero-order valence-electron chi connectivity index (χ0n) is 7.59. The molecule has 0 heterocycles. The lowest BCUT2D eigenvalue weighted by atomic mass is 9.99. The molecule has 4 heteroatoms. The molecule has 1 rings (SSSR count). The van der Waals surface area contributed by atoms with E-state index in [1.54, 1.807) is 30.3 Å². The summed E-state index contributed by atoms with van der Waals surface area (Å²) in [5.74, 6) is -1.44. The van der Waals surface area contributed by atoms with Crippen molar-refractivity contribution in [2.45, 2.75) is 12.6 Å². The largest absolute Gasteiger partial charge is 0.393 e. The SMILES string of the molecule is NC[C@@H](Cc1ccccc1)C(F)(F)F. The molecule has 0 spiro atoms. The molecule has 0 amide bonds. The van der Waals surface area contributed by atoms with Crippen LogP contribution in [0.15, 0.2) is 30.3 Å². The van der Waals surface area contributed by atoms with Crippen LogP contribution >= 0.6 is 0 Å². The van der Waals surface area contributed by atoms with E-state index in [2.05, 4.69) is 0 Å². The highest BCUT2D eigenvalue weighted by molar-refractivity contribution is 5.15. The number of hydrogen-bond donors (Lipinski definition) is 1. The standard InChI is InChI=1S/C10H12F3N/c11-10(12,13)9(7-14)6-8-4-2-1-3-5-8/h1-5,9H,6-7,14H2/t9-/m1/s1. The smallest absolute Gasteiger partial charge is 0.330 e. The van der Waals surface area contributed by atoms with Crippen LogP contribution < -0.4 is 5.73 Å². The Kier molecular flexibility index (Phi) is 3.52. The first-order valence-corrected chi connectivity index (χ1v) is 4.34. The molecule has 1 nitrogen and oxygen atoms in total. The number of rotatable bonds is 3. The molecule has 0 aromatic heterocycles. The Bertz CT molecular complexity index is 268. The van der Waals surface area contributed by atoms with E-state index in [1.165, 1.54) is 0 Å². The summed E-state index contributed by atoms with van der Waals surface area (Å²) in [5, 5.41) is 0. The van der Waals surface area contributed by atoms with Gasteiger partial charge in [0.1, 0.15) is 0 Å². The summed E-state index contributed by atoms with van der Waals surface area (Å²) in [6.45, 7) is -0.363. The van der Waals surface area contributed by atoms with E-state index < -0.39 is 12.1 Å². The second kappa shape index (κ2) is 4.46. The van der Waals surface area contributed by atoms with E-state index in [9.17, 15) is 13.2 Å². The monoisotopic (exact) mass is 203 g/mol. The highest BCUT2D eigenvalue weighted by Crippen LogP contribution is 2.28. The molecular weight excluding hydrogens is 191 g/mol. The molecule has 14 heavy (non-hydrogen) atoms. The number of benzene rings is 1. The van der Waals surface area contributed by atoms with Gasteiger partial charge in [-0.3, -0.25) is 0 Å². The van der Waals surface area contributed by atoms with Crippen molar-refractivity contribution in [3.8, 4) is 0 Å². The molecule has 0 saturated carbocycles. The summed E-state index contributed by atoms with van der Waals surface area (Å²) in [5.41, 5.74) is 5.75. The molecule has 0 aliphatic carbocycles. The Morgan fingerprint density at radius 1 is 1.14 bits per heavy atom. The van der Waals surface area contributed by atoms with Gasteiger partial charge in [0.2, 0.25) is 0 Å². The summed E-state index contributed by atoms with van der Waals surface area (Å²) in [6.07, 6.45) is -4.24. The van der Waals surface area contributed by atoms with Crippen LogP contribution in [0.5, 0.6) is 0 Å². The van der Waals surface area contributed by atoms with Gasteiger partial charge in [0.05, 0.1) is 5.92 Å². The normalized spacial score (nSPS) is 14.0. The molecule has 0 aliphatic heterocycles. The minimum Gasteiger partial charge on any atom is -0.330 e. The maximum absolute atomic E-state index is 12.3. The summed E-state index contributed by atoms with van der Waals surface area (Å²) in [7, 11) is 0. The van der Waals surface area contributed by atoms with Gasteiger partial charge in [-0.1, -0.05) is 30.3 Å². The molecule has 0 saturated heterocycles. The second-order valence-corrected chi connectivity index (χ2v) is 3.16. The quantitative estimate of drug-likeness (QED) is 0.801. The molecule has 0 fully saturated rings. The van der Waals surface area contributed by atoms with Gasteiger partial charge < -0.3 is 5.73 Å². The van der Waals surface area contributed by atoms with E-state index >= 15 is 0 Å². The lowest BCUT2D eigenvalue weighted by Crippen LogP contribution is -2.31. The van der Waals surface area contributed by atoms with Crippen LogP contribution in [-0.2, 0) is 6.42 Å².